The van der Waals surface area contributed by atoms with Crippen molar-refractivity contribution in [2.45, 2.75) is 19.0 Å². The molecule has 0 aliphatic rings. The van der Waals surface area contributed by atoms with Crippen molar-refractivity contribution in [2.24, 2.45) is 5.11 Å². The maximum Gasteiger partial charge on any atom is 0.248 e. The number of benzene rings is 3. The lowest BCUT2D eigenvalue weighted by atomic mass is 10.0. The molecule has 0 saturated carbocycles. The summed E-state index contributed by atoms with van der Waals surface area (Å²) in [4.78, 5) is 35.4. The number of pyridine rings is 1. The molecular formula is C29H26N6O2. The van der Waals surface area contributed by atoms with Gasteiger partial charge in [0.15, 0.2) is 0 Å². The lowest BCUT2D eigenvalue weighted by Crippen LogP contribution is -2.45. The summed E-state index contributed by atoms with van der Waals surface area (Å²) in [6, 6.07) is 28.9. The minimum absolute atomic E-state index is 0.303. The highest BCUT2D eigenvalue weighted by molar-refractivity contribution is 6.02. The van der Waals surface area contributed by atoms with Gasteiger partial charge in [0.1, 0.15) is 12.6 Å². The van der Waals surface area contributed by atoms with Crippen molar-refractivity contribution in [1.29, 1.82) is 0 Å². The number of rotatable bonds is 9. The molecule has 8 nitrogen and oxygen atoms in total. The van der Waals surface area contributed by atoms with Crippen LogP contribution in [-0.4, -0.2) is 23.3 Å². The Bertz CT molecular complexity index is 1370. The number of anilines is 1. The van der Waals surface area contributed by atoms with E-state index in [1.807, 2.05) is 79.7 Å². The summed E-state index contributed by atoms with van der Waals surface area (Å²) >= 11 is 0. The van der Waals surface area contributed by atoms with E-state index >= 15 is 0 Å². The summed E-state index contributed by atoms with van der Waals surface area (Å²) in [6.07, 6.45) is 3.16. The molecule has 2 unspecified atom stereocenters. The summed E-state index contributed by atoms with van der Waals surface area (Å²) < 4.78 is 0. The maximum atomic E-state index is 13.8. The molecule has 2 amide bonds. The van der Waals surface area contributed by atoms with E-state index in [1.165, 1.54) is 4.90 Å². The van der Waals surface area contributed by atoms with Crippen LogP contribution >= 0.6 is 0 Å². The molecule has 0 fully saturated rings. The first-order valence-corrected chi connectivity index (χ1v) is 11.8. The average Bonchev–Trinajstić information content (AvgIpc) is 2.96. The second kappa shape index (κ2) is 12.2. The van der Waals surface area contributed by atoms with Gasteiger partial charge in [0, 0.05) is 28.6 Å². The van der Waals surface area contributed by atoms with Gasteiger partial charge in [-0.2, -0.15) is 0 Å². The minimum Gasteiger partial charge on any atom is -0.347 e. The molecule has 1 aromatic heterocycles. The van der Waals surface area contributed by atoms with Gasteiger partial charge in [0.05, 0.1) is 6.04 Å². The molecule has 0 aliphatic heterocycles. The van der Waals surface area contributed by atoms with Crippen molar-refractivity contribution < 1.29 is 9.59 Å². The number of nitrogens with zero attached hydrogens (tertiary/aromatic N) is 5. The van der Waals surface area contributed by atoms with Crippen LogP contribution in [0.3, 0.4) is 0 Å². The number of carbonyl (C=O) groups is 2. The Labute approximate surface area is 215 Å². The predicted octanol–water partition coefficient (Wildman–Crippen LogP) is 6.01. The van der Waals surface area contributed by atoms with E-state index in [9.17, 15) is 9.59 Å². The normalized spacial score (nSPS) is 12.0. The van der Waals surface area contributed by atoms with Gasteiger partial charge in [-0.25, -0.2) is 0 Å². The molecule has 2 atom stereocenters. The zero-order chi connectivity index (χ0) is 26.0. The monoisotopic (exact) mass is 490 g/mol. The molecule has 0 bridgehead atoms. The predicted molar refractivity (Wildman–Crippen MR) is 143 cm³/mol. The minimum atomic E-state index is -1.04. The van der Waals surface area contributed by atoms with E-state index in [1.54, 1.807) is 36.7 Å². The van der Waals surface area contributed by atoms with E-state index in [0.29, 0.717) is 11.3 Å². The van der Waals surface area contributed by atoms with Crippen LogP contribution in [0, 0.1) is 0 Å². The molecule has 3 aromatic carbocycles. The maximum absolute atomic E-state index is 13.8. The van der Waals surface area contributed by atoms with Crippen molar-refractivity contribution in [3.8, 4) is 11.1 Å². The Hall–Kier alpha value is -4.94. The first-order chi connectivity index (χ1) is 18.1. The SMILES string of the molecule is CC(NC(=O)C(c1cccnc1)N(C(=O)CN=[N+]=[N-])c1ccc(-c2ccccc2)cc1)c1ccccc1. The van der Waals surface area contributed by atoms with Gasteiger partial charge in [0.25, 0.3) is 0 Å². The average molecular weight is 491 g/mol. The fourth-order valence-electron chi connectivity index (χ4n) is 4.12. The molecule has 184 valence electrons. The van der Waals surface area contributed by atoms with Crippen molar-refractivity contribution in [3.63, 3.8) is 0 Å². The van der Waals surface area contributed by atoms with E-state index < -0.39 is 18.5 Å². The summed E-state index contributed by atoms with van der Waals surface area (Å²) in [6.45, 7) is 1.45. The van der Waals surface area contributed by atoms with Gasteiger partial charge in [-0.05, 0) is 47.3 Å². The number of nitrogens with one attached hydrogen (secondary N) is 1. The molecule has 0 spiro atoms. The molecule has 0 aliphatic carbocycles. The molecule has 4 aromatic rings. The van der Waals surface area contributed by atoms with Gasteiger partial charge < -0.3 is 5.32 Å². The van der Waals surface area contributed by atoms with Crippen LogP contribution in [-0.2, 0) is 9.59 Å². The first-order valence-electron chi connectivity index (χ1n) is 11.8. The van der Waals surface area contributed by atoms with Crippen molar-refractivity contribution in [2.75, 3.05) is 11.4 Å². The second-order valence-corrected chi connectivity index (χ2v) is 8.40. The Morgan fingerprint density at radius 2 is 1.51 bits per heavy atom. The number of amides is 2. The molecule has 8 heteroatoms. The summed E-state index contributed by atoms with van der Waals surface area (Å²) in [5.41, 5.74) is 12.8. The van der Waals surface area contributed by atoms with Crippen LogP contribution in [0.4, 0.5) is 5.69 Å². The van der Waals surface area contributed by atoms with Gasteiger partial charge in [-0.1, -0.05) is 84.0 Å². The summed E-state index contributed by atoms with van der Waals surface area (Å²) in [5.74, 6) is -0.896. The van der Waals surface area contributed by atoms with Crippen LogP contribution in [0.15, 0.2) is 115 Å². The zero-order valence-corrected chi connectivity index (χ0v) is 20.3. The number of carbonyl (C=O) groups excluding carboxylic acids is 2. The van der Waals surface area contributed by atoms with Crippen molar-refractivity contribution >= 4 is 17.5 Å². The van der Waals surface area contributed by atoms with Crippen LogP contribution in [0.5, 0.6) is 0 Å². The van der Waals surface area contributed by atoms with Crippen LogP contribution in [0.25, 0.3) is 21.6 Å². The Balaban J connectivity index is 1.74. The van der Waals surface area contributed by atoms with Gasteiger partial charge >= 0.3 is 0 Å². The number of hydrogen-bond donors (Lipinski definition) is 1. The highest BCUT2D eigenvalue weighted by atomic mass is 16.2. The standard InChI is InChI=1S/C29H26N6O2/c1-21(22-9-4-2-5-10-22)33-29(37)28(25-13-8-18-31-19-25)35(27(36)20-32-34-30)26-16-14-24(15-17-26)23-11-6-3-7-12-23/h2-19,21,28H,20H2,1H3,(H,33,37). The summed E-state index contributed by atoms with van der Waals surface area (Å²) in [7, 11) is 0. The summed E-state index contributed by atoms with van der Waals surface area (Å²) in [5, 5.41) is 6.50. The molecule has 0 saturated heterocycles. The fraction of sp³-hybridized carbons (Fsp3) is 0.138. The van der Waals surface area contributed by atoms with Crippen molar-refractivity contribution in [3.05, 3.63) is 131 Å². The lowest BCUT2D eigenvalue weighted by molar-refractivity contribution is -0.126. The Morgan fingerprint density at radius 1 is 0.892 bits per heavy atom. The van der Waals surface area contributed by atoms with E-state index in [4.69, 9.17) is 5.53 Å². The topological polar surface area (TPSA) is 111 Å². The third-order valence-corrected chi connectivity index (χ3v) is 5.96. The quantitative estimate of drug-likeness (QED) is 0.176. The highest BCUT2D eigenvalue weighted by Gasteiger charge is 2.33. The first kappa shape index (κ1) is 25.2. The van der Waals surface area contributed by atoms with Crippen molar-refractivity contribution in [1.82, 2.24) is 10.3 Å². The van der Waals surface area contributed by atoms with E-state index in [-0.39, 0.29) is 11.9 Å². The molecule has 0 radical (unpaired) electrons. The molecular weight excluding hydrogens is 464 g/mol. The van der Waals surface area contributed by atoms with Gasteiger partial charge in [0.2, 0.25) is 11.8 Å². The second-order valence-electron chi connectivity index (χ2n) is 8.40. The zero-order valence-electron chi connectivity index (χ0n) is 20.3. The van der Waals surface area contributed by atoms with Crippen LogP contribution in [0.2, 0.25) is 0 Å². The Morgan fingerprint density at radius 3 is 2.14 bits per heavy atom. The third-order valence-electron chi connectivity index (χ3n) is 5.96. The highest BCUT2D eigenvalue weighted by Crippen LogP contribution is 2.31. The van der Waals surface area contributed by atoms with Gasteiger partial charge in [-0.3, -0.25) is 19.5 Å². The van der Waals surface area contributed by atoms with Crippen LogP contribution < -0.4 is 10.2 Å². The Kier molecular flexibility index (Phi) is 8.26. The number of aromatic nitrogens is 1. The smallest absolute Gasteiger partial charge is 0.248 e. The molecule has 4 rings (SSSR count). The van der Waals surface area contributed by atoms with Gasteiger partial charge in [-0.15, -0.1) is 0 Å². The van der Waals surface area contributed by atoms with E-state index in [0.717, 1.165) is 16.7 Å². The molecule has 1 N–H and O–H groups in total. The number of azide groups is 1. The van der Waals surface area contributed by atoms with E-state index in [2.05, 4.69) is 20.3 Å². The number of hydrogen-bond acceptors (Lipinski definition) is 4. The third kappa shape index (κ3) is 6.20. The molecule has 37 heavy (non-hydrogen) atoms. The lowest BCUT2D eigenvalue weighted by Gasteiger charge is -2.32. The van der Waals surface area contributed by atoms with Crippen LogP contribution in [0.1, 0.15) is 30.1 Å². The molecule has 1 heterocycles. The fourth-order valence-corrected chi connectivity index (χ4v) is 4.12. The largest absolute Gasteiger partial charge is 0.347 e.